The molecule has 5 heteroatoms. The lowest BCUT2D eigenvalue weighted by Crippen LogP contribution is -2.22. The van der Waals surface area contributed by atoms with Crippen LogP contribution in [0.25, 0.3) is 0 Å². The molecule has 0 atom stereocenters. The van der Waals surface area contributed by atoms with E-state index in [9.17, 15) is 9.59 Å². The number of fused-ring (bicyclic) bond motifs is 1. The fourth-order valence-corrected chi connectivity index (χ4v) is 3.26. The number of ketones is 2. The third-order valence-corrected chi connectivity index (χ3v) is 4.64. The van der Waals surface area contributed by atoms with Crippen LogP contribution in [0.15, 0.2) is 47.5 Å². The van der Waals surface area contributed by atoms with Gasteiger partial charge < -0.3 is 14.2 Å². The molecule has 134 valence electrons. The van der Waals surface area contributed by atoms with Gasteiger partial charge >= 0.3 is 0 Å². The second-order valence-electron chi connectivity index (χ2n) is 5.98. The van der Waals surface area contributed by atoms with Crippen LogP contribution < -0.4 is 14.2 Å². The smallest absolute Gasteiger partial charge is 0.203 e. The summed E-state index contributed by atoms with van der Waals surface area (Å²) < 4.78 is 16.2. The van der Waals surface area contributed by atoms with Crippen molar-refractivity contribution in [2.24, 2.45) is 0 Å². The van der Waals surface area contributed by atoms with E-state index in [1.54, 1.807) is 44.4 Å². The van der Waals surface area contributed by atoms with Crippen molar-refractivity contribution in [2.45, 2.75) is 13.3 Å². The quantitative estimate of drug-likeness (QED) is 0.822. The van der Waals surface area contributed by atoms with Crippen molar-refractivity contribution in [3.8, 4) is 17.2 Å². The Morgan fingerprint density at radius 2 is 1.38 bits per heavy atom. The molecule has 0 heterocycles. The summed E-state index contributed by atoms with van der Waals surface area (Å²) in [6.07, 6.45) is 0.272. The first-order valence-corrected chi connectivity index (χ1v) is 8.19. The van der Waals surface area contributed by atoms with Gasteiger partial charge in [-0.05, 0) is 13.0 Å². The summed E-state index contributed by atoms with van der Waals surface area (Å²) >= 11 is 0. The van der Waals surface area contributed by atoms with Crippen molar-refractivity contribution < 1.29 is 23.8 Å². The van der Waals surface area contributed by atoms with Gasteiger partial charge in [0.15, 0.2) is 23.1 Å². The minimum atomic E-state index is -0.130. The minimum absolute atomic E-state index is 0.116. The van der Waals surface area contributed by atoms with Crippen molar-refractivity contribution in [2.75, 3.05) is 21.3 Å². The number of Topliss-reactive ketones (excluding diaryl/α,β-unsaturated/α-hetero) is 2. The first-order valence-electron chi connectivity index (χ1n) is 8.19. The molecule has 2 aromatic rings. The fraction of sp³-hybridized carbons (Fsp3) is 0.238. The molecule has 0 aliphatic heterocycles. The lowest BCUT2D eigenvalue weighted by molar-refractivity contribution is 0.0973. The van der Waals surface area contributed by atoms with Crippen LogP contribution >= 0.6 is 0 Å². The summed E-state index contributed by atoms with van der Waals surface area (Å²) in [5.41, 5.74) is 2.58. The minimum Gasteiger partial charge on any atom is -0.493 e. The highest BCUT2D eigenvalue weighted by Crippen LogP contribution is 2.41. The number of methoxy groups -OCH3 is 3. The van der Waals surface area contributed by atoms with Crippen LogP contribution in [0.5, 0.6) is 17.2 Å². The molecule has 0 N–H and O–H groups in total. The van der Waals surface area contributed by atoms with E-state index in [0.717, 1.165) is 5.56 Å². The average Bonchev–Trinajstić information content (AvgIpc) is 2.68. The van der Waals surface area contributed by atoms with Gasteiger partial charge in [-0.15, -0.1) is 0 Å². The number of hydrogen-bond donors (Lipinski definition) is 0. The number of carbonyl (C=O) groups is 2. The van der Waals surface area contributed by atoms with E-state index in [2.05, 4.69) is 0 Å². The second kappa shape index (κ2) is 7.04. The highest BCUT2D eigenvalue weighted by molar-refractivity contribution is 6.26. The van der Waals surface area contributed by atoms with E-state index >= 15 is 0 Å². The molecule has 0 amide bonds. The normalized spacial score (nSPS) is 13.5. The third-order valence-electron chi connectivity index (χ3n) is 4.64. The number of benzene rings is 2. The Bertz CT molecular complexity index is 924. The molecule has 0 radical (unpaired) electrons. The van der Waals surface area contributed by atoms with Crippen LogP contribution in [0, 0.1) is 0 Å². The predicted octanol–water partition coefficient (Wildman–Crippen LogP) is 3.65. The molecule has 1 aliphatic rings. The summed E-state index contributed by atoms with van der Waals surface area (Å²) in [6.45, 7) is 1.69. The van der Waals surface area contributed by atoms with Gasteiger partial charge in [-0.2, -0.15) is 0 Å². The van der Waals surface area contributed by atoms with Gasteiger partial charge in [-0.1, -0.05) is 30.3 Å². The van der Waals surface area contributed by atoms with Crippen LogP contribution in [-0.2, 0) is 6.42 Å². The molecular weight excluding hydrogens is 332 g/mol. The summed E-state index contributed by atoms with van der Waals surface area (Å²) in [6, 6.07) is 10.5. The summed E-state index contributed by atoms with van der Waals surface area (Å²) in [5.74, 6) is 1.24. The summed E-state index contributed by atoms with van der Waals surface area (Å²) in [7, 11) is 4.61. The Kier molecular flexibility index (Phi) is 4.80. The van der Waals surface area contributed by atoms with E-state index in [1.807, 2.05) is 6.07 Å². The van der Waals surface area contributed by atoms with Gasteiger partial charge in [-0.25, -0.2) is 0 Å². The largest absolute Gasteiger partial charge is 0.493 e. The molecule has 3 rings (SSSR count). The molecular formula is C21H20O5. The summed E-state index contributed by atoms with van der Waals surface area (Å²) in [5, 5.41) is 0. The summed E-state index contributed by atoms with van der Waals surface area (Å²) in [4.78, 5) is 25.6. The first-order chi connectivity index (χ1) is 12.5. The molecule has 0 fully saturated rings. The number of ether oxygens (including phenoxy) is 3. The number of carbonyl (C=O) groups excluding carboxylic acids is 2. The molecule has 0 saturated heterocycles. The third kappa shape index (κ3) is 2.75. The van der Waals surface area contributed by atoms with E-state index < -0.39 is 0 Å². The van der Waals surface area contributed by atoms with Gasteiger partial charge in [0.25, 0.3) is 0 Å². The van der Waals surface area contributed by atoms with Crippen molar-refractivity contribution in [3.05, 3.63) is 64.2 Å². The molecule has 5 nitrogen and oxygen atoms in total. The van der Waals surface area contributed by atoms with Crippen LogP contribution in [0.3, 0.4) is 0 Å². The Hall–Kier alpha value is -3.08. The number of rotatable bonds is 5. The predicted molar refractivity (Wildman–Crippen MR) is 97.6 cm³/mol. The lowest BCUT2D eigenvalue weighted by Gasteiger charge is -2.21. The Labute approximate surface area is 152 Å². The standard InChI is InChI=1S/C21H20O5/c1-12-16(19(23)15-8-6-5-7-14(15)18(12)22)11-13-9-10-17(24-2)21(26-4)20(13)25-3/h5-10H,11H2,1-4H3. The topological polar surface area (TPSA) is 61.8 Å². The van der Waals surface area contributed by atoms with Gasteiger partial charge in [0.1, 0.15) is 0 Å². The maximum atomic E-state index is 12.9. The van der Waals surface area contributed by atoms with Crippen molar-refractivity contribution >= 4 is 11.6 Å². The molecule has 0 bridgehead atoms. The zero-order chi connectivity index (χ0) is 18.8. The maximum absolute atomic E-state index is 12.9. The lowest BCUT2D eigenvalue weighted by atomic mass is 9.82. The molecule has 2 aromatic carbocycles. The Balaban J connectivity index is 2.08. The Morgan fingerprint density at radius 3 is 1.96 bits per heavy atom. The number of hydrogen-bond acceptors (Lipinski definition) is 5. The van der Waals surface area contributed by atoms with Crippen LogP contribution in [-0.4, -0.2) is 32.9 Å². The molecule has 0 spiro atoms. The van der Waals surface area contributed by atoms with Crippen LogP contribution in [0.4, 0.5) is 0 Å². The van der Waals surface area contributed by atoms with E-state index in [4.69, 9.17) is 14.2 Å². The van der Waals surface area contributed by atoms with Gasteiger partial charge in [0.2, 0.25) is 5.75 Å². The van der Waals surface area contributed by atoms with Gasteiger partial charge in [0, 0.05) is 34.3 Å². The number of allylic oxidation sites excluding steroid dienone is 2. The van der Waals surface area contributed by atoms with Crippen molar-refractivity contribution in [1.29, 1.82) is 0 Å². The molecule has 0 aromatic heterocycles. The molecule has 0 unspecified atom stereocenters. The zero-order valence-electron chi connectivity index (χ0n) is 15.2. The average molecular weight is 352 g/mol. The van der Waals surface area contributed by atoms with Gasteiger partial charge in [0.05, 0.1) is 21.3 Å². The zero-order valence-corrected chi connectivity index (χ0v) is 15.2. The first kappa shape index (κ1) is 17.7. The SMILES string of the molecule is COc1ccc(CC2=C(C)C(=O)c3ccccc3C2=O)c(OC)c1OC. The van der Waals surface area contributed by atoms with E-state index in [-0.39, 0.29) is 18.0 Å². The Morgan fingerprint density at radius 1 is 0.769 bits per heavy atom. The highest BCUT2D eigenvalue weighted by Gasteiger charge is 2.30. The molecule has 26 heavy (non-hydrogen) atoms. The second-order valence-corrected chi connectivity index (χ2v) is 5.98. The van der Waals surface area contributed by atoms with Crippen LogP contribution in [0.2, 0.25) is 0 Å². The van der Waals surface area contributed by atoms with E-state index in [1.165, 1.54) is 14.2 Å². The van der Waals surface area contributed by atoms with Gasteiger partial charge in [-0.3, -0.25) is 9.59 Å². The van der Waals surface area contributed by atoms with E-state index in [0.29, 0.717) is 39.5 Å². The maximum Gasteiger partial charge on any atom is 0.203 e. The van der Waals surface area contributed by atoms with Crippen molar-refractivity contribution in [3.63, 3.8) is 0 Å². The fourth-order valence-electron chi connectivity index (χ4n) is 3.26. The van der Waals surface area contributed by atoms with Crippen LogP contribution in [0.1, 0.15) is 33.2 Å². The molecule has 1 aliphatic carbocycles. The molecule has 0 saturated carbocycles. The monoisotopic (exact) mass is 352 g/mol. The van der Waals surface area contributed by atoms with Crippen molar-refractivity contribution in [1.82, 2.24) is 0 Å². The highest BCUT2D eigenvalue weighted by atomic mass is 16.5.